The van der Waals surface area contributed by atoms with Crippen LogP contribution < -0.4 is 10.1 Å². The fraction of sp³-hybridized carbons (Fsp3) is 0.200. The molecule has 0 aliphatic rings. The van der Waals surface area contributed by atoms with Gasteiger partial charge in [0.05, 0.1) is 11.1 Å². The zero-order valence-corrected chi connectivity index (χ0v) is 12.2. The molecule has 0 amide bonds. The van der Waals surface area contributed by atoms with Crippen LogP contribution in [0.1, 0.15) is 12.5 Å². The molecule has 2 rings (SSSR count). The summed E-state index contributed by atoms with van der Waals surface area (Å²) in [4.78, 5) is 0. The van der Waals surface area contributed by atoms with E-state index in [9.17, 15) is 4.39 Å². The van der Waals surface area contributed by atoms with Crippen molar-refractivity contribution in [3.05, 3.63) is 58.3 Å². The monoisotopic (exact) mass is 323 g/mol. The highest BCUT2D eigenvalue weighted by Gasteiger charge is 2.04. The average Bonchev–Trinajstić information content (AvgIpc) is 2.42. The lowest BCUT2D eigenvalue weighted by molar-refractivity contribution is 0.337. The van der Waals surface area contributed by atoms with Gasteiger partial charge in [0.15, 0.2) is 0 Å². The summed E-state index contributed by atoms with van der Waals surface area (Å²) in [5.41, 5.74) is 1.79. The van der Waals surface area contributed by atoms with Gasteiger partial charge in [0, 0.05) is 17.8 Å². The van der Waals surface area contributed by atoms with Crippen molar-refractivity contribution in [3.63, 3.8) is 0 Å². The van der Waals surface area contributed by atoms with E-state index in [0.717, 1.165) is 17.0 Å². The quantitative estimate of drug-likeness (QED) is 0.868. The molecule has 0 aromatic heterocycles. The number of hydrogen-bond donors (Lipinski definition) is 1. The van der Waals surface area contributed by atoms with Crippen LogP contribution in [-0.2, 0) is 6.54 Å². The van der Waals surface area contributed by atoms with Gasteiger partial charge in [-0.25, -0.2) is 4.39 Å². The molecule has 0 aliphatic heterocycles. The molecular formula is C15H15BrFNO. The molecule has 2 nitrogen and oxygen atoms in total. The van der Waals surface area contributed by atoms with Gasteiger partial charge in [0.1, 0.15) is 11.6 Å². The fourth-order valence-corrected chi connectivity index (χ4v) is 2.00. The first-order valence-corrected chi connectivity index (χ1v) is 6.89. The molecule has 100 valence electrons. The summed E-state index contributed by atoms with van der Waals surface area (Å²) in [5, 5.41) is 3.19. The van der Waals surface area contributed by atoms with Gasteiger partial charge in [0.2, 0.25) is 0 Å². The number of benzene rings is 2. The zero-order chi connectivity index (χ0) is 13.7. The van der Waals surface area contributed by atoms with Crippen LogP contribution in [0.4, 0.5) is 10.1 Å². The van der Waals surface area contributed by atoms with E-state index >= 15 is 0 Å². The molecule has 0 spiro atoms. The average molecular weight is 324 g/mol. The Hall–Kier alpha value is -1.55. The molecule has 19 heavy (non-hydrogen) atoms. The van der Waals surface area contributed by atoms with Gasteiger partial charge in [-0.15, -0.1) is 0 Å². The molecule has 0 heterocycles. The summed E-state index contributed by atoms with van der Waals surface area (Å²) < 4.78 is 19.4. The highest BCUT2D eigenvalue weighted by molar-refractivity contribution is 9.10. The van der Waals surface area contributed by atoms with Crippen molar-refractivity contribution in [2.75, 3.05) is 11.9 Å². The molecule has 0 fully saturated rings. The Morgan fingerprint density at radius 1 is 1.21 bits per heavy atom. The predicted molar refractivity (Wildman–Crippen MR) is 79.0 cm³/mol. The minimum Gasteiger partial charge on any atom is -0.494 e. The van der Waals surface area contributed by atoms with Crippen molar-refractivity contribution in [2.45, 2.75) is 13.5 Å². The van der Waals surface area contributed by atoms with E-state index in [1.165, 1.54) is 6.07 Å². The largest absolute Gasteiger partial charge is 0.494 e. The van der Waals surface area contributed by atoms with Crippen LogP contribution in [-0.4, -0.2) is 6.61 Å². The number of nitrogens with one attached hydrogen (secondary N) is 1. The molecule has 0 saturated carbocycles. The Morgan fingerprint density at radius 3 is 2.74 bits per heavy atom. The summed E-state index contributed by atoms with van der Waals surface area (Å²) in [7, 11) is 0. The molecule has 0 radical (unpaired) electrons. The molecule has 2 aromatic carbocycles. The summed E-state index contributed by atoms with van der Waals surface area (Å²) in [6, 6.07) is 12.8. The summed E-state index contributed by atoms with van der Waals surface area (Å²) in [5.74, 6) is 0.582. The van der Waals surface area contributed by atoms with Gasteiger partial charge >= 0.3 is 0 Å². The van der Waals surface area contributed by atoms with Crippen molar-refractivity contribution in [2.24, 2.45) is 0 Å². The molecule has 0 bridgehead atoms. The van der Waals surface area contributed by atoms with Crippen molar-refractivity contribution >= 4 is 21.6 Å². The molecule has 4 heteroatoms. The third-order valence-corrected chi connectivity index (χ3v) is 3.32. The summed E-state index contributed by atoms with van der Waals surface area (Å²) in [6.45, 7) is 3.18. The highest BCUT2D eigenvalue weighted by atomic mass is 79.9. The number of anilines is 1. The first-order chi connectivity index (χ1) is 9.20. The van der Waals surface area contributed by atoms with Crippen LogP contribution in [0.15, 0.2) is 46.9 Å². The van der Waals surface area contributed by atoms with E-state index in [1.807, 2.05) is 37.3 Å². The maximum absolute atomic E-state index is 13.4. The normalized spacial score (nSPS) is 10.3. The van der Waals surface area contributed by atoms with E-state index in [1.54, 1.807) is 6.07 Å². The lowest BCUT2D eigenvalue weighted by atomic mass is 10.2. The lowest BCUT2D eigenvalue weighted by Gasteiger charge is -2.12. The standard InChI is InChI=1S/C15H15BrFNO/c1-2-19-15-6-4-3-5-11(15)10-18-12-7-8-13(16)14(17)9-12/h3-9,18H,2,10H2,1H3. The second-order valence-electron chi connectivity index (χ2n) is 4.02. The number of rotatable bonds is 5. The first kappa shape index (κ1) is 13.9. The van der Waals surface area contributed by atoms with Crippen LogP contribution in [0.5, 0.6) is 5.75 Å². The molecule has 0 saturated heterocycles. The maximum Gasteiger partial charge on any atom is 0.139 e. The van der Waals surface area contributed by atoms with Gasteiger partial charge in [-0.3, -0.25) is 0 Å². The van der Waals surface area contributed by atoms with Gasteiger partial charge in [-0.2, -0.15) is 0 Å². The third kappa shape index (κ3) is 3.70. The van der Waals surface area contributed by atoms with Crippen molar-refractivity contribution in [1.82, 2.24) is 0 Å². The topological polar surface area (TPSA) is 21.3 Å². The van der Waals surface area contributed by atoms with Gasteiger partial charge < -0.3 is 10.1 Å². The van der Waals surface area contributed by atoms with Gasteiger partial charge in [-0.05, 0) is 47.1 Å². The van der Waals surface area contributed by atoms with Crippen LogP contribution in [0.25, 0.3) is 0 Å². The van der Waals surface area contributed by atoms with Crippen molar-refractivity contribution in [1.29, 1.82) is 0 Å². The number of halogens is 2. The van der Waals surface area contributed by atoms with E-state index in [2.05, 4.69) is 21.2 Å². The minimum absolute atomic E-state index is 0.275. The maximum atomic E-state index is 13.4. The zero-order valence-electron chi connectivity index (χ0n) is 10.6. The van der Waals surface area contributed by atoms with Crippen LogP contribution in [0.3, 0.4) is 0 Å². The lowest BCUT2D eigenvalue weighted by Crippen LogP contribution is -2.03. The van der Waals surface area contributed by atoms with E-state index in [4.69, 9.17) is 4.74 Å². The van der Waals surface area contributed by atoms with Crippen LogP contribution in [0, 0.1) is 5.82 Å². The number of hydrogen-bond acceptors (Lipinski definition) is 2. The summed E-state index contributed by atoms with van der Waals surface area (Å²) in [6.07, 6.45) is 0. The second-order valence-corrected chi connectivity index (χ2v) is 4.88. The second kappa shape index (κ2) is 6.57. The van der Waals surface area contributed by atoms with Crippen LogP contribution in [0.2, 0.25) is 0 Å². The molecule has 2 aromatic rings. The molecular weight excluding hydrogens is 309 g/mol. The van der Waals surface area contributed by atoms with Crippen molar-refractivity contribution in [3.8, 4) is 5.75 Å². The van der Waals surface area contributed by atoms with E-state index < -0.39 is 0 Å². The predicted octanol–water partition coefficient (Wildman–Crippen LogP) is 4.60. The molecule has 0 unspecified atom stereocenters. The first-order valence-electron chi connectivity index (χ1n) is 6.10. The van der Waals surface area contributed by atoms with Gasteiger partial charge in [-0.1, -0.05) is 18.2 Å². The Labute approximate surface area is 120 Å². The smallest absolute Gasteiger partial charge is 0.139 e. The Kier molecular flexibility index (Phi) is 4.80. The van der Waals surface area contributed by atoms with Crippen molar-refractivity contribution < 1.29 is 9.13 Å². The molecule has 0 atom stereocenters. The summed E-state index contributed by atoms with van der Waals surface area (Å²) >= 11 is 3.13. The Balaban J connectivity index is 2.07. The Morgan fingerprint density at radius 2 is 2.00 bits per heavy atom. The third-order valence-electron chi connectivity index (χ3n) is 2.68. The number of para-hydroxylation sites is 1. The highest BCUT2D eigenvalue weighted by Crippen LogP contribution is 2.22. The number of ether oxygens (including phenoxy) is 1. The Bertz CT molecular complexity index is 560. The molecule has 1 N–H and O–H groups in total. The SMILES string of the molecule is CCOc1ccccc1CNc1ccc(Br)c(F)c1. The minimum atomic E-state index is -0.275. The fourth-order valence-electron chi connectivity index (χ4n) is 1.75. The van der Waals surface area contributed by atoms with E-state index in [-0.39, 0.29) is 5.82 Å². The van der Waals surface area contributed by atoms with Crippen LogP contribution >= 0.6 is 15.9 Å². The van der Waals surface area contributed by atoms with Gasteiger partial charge in [0.25, 0.3) is 0 Å². The van der Waals surface area contributed by atoms with E-state index in [0.29, 0.717) is 17.6 Å². The molecule has 0 aliphatic carbocycles.